The number of thiazole rings is 1. The Bertz CT molecular complexity index is 1180. The second kappa shape index (κ2) is 8.59. The molecule has 0 aliphatic heterocycles. The summed E-state index contributed by atoms with van der Waals surface area (Å²) in [7, 11) is 0. The van der Waals surface area contributed by atoms with Crippen molar-refractivity contribution in [1.29, 1.82) is 0 Å². The standard InChI is InChI=1S/C21H13Cl3N2O2S/c22-12-5-8-18(16(24)9-12)28-11-20(27)25-13-6-7-15(23)14(10-13)21-26-17-3-1-2-4-19(17)29-21/h1-10H,11H2,(H,25,27). The maximum absolute atomic E-state index is 12.3. The highest BCUT2D eigenvalue weighted by Gasteiger charge is 2.12. The monoisotopic (exact) mass is 462 g/mol. The number of carbonyl (C=O) groups is 1. The van der Waals surface area contributed by atoms with E-state index in [2.05, 4.69) is 10.3 Å². The molecular formula is C21H13Cl3N2O2S. The molecule has 4 aromatic rings. The summed E-state index contributed by atoms with van der Waals surface area (Å²) in [4.78, 5) is 16.9. The number of benzene rings is 3. The third kappa shape index (κ3) is 4.65. The first-order valence-electron chi connectivity index (χ1n) is 8.53. The van der Waals surface area contributed by atoms with Gasteiger partial charge in [0.2, 0.25) is 0 Å². The van der Waals surface area contributed by atoms with Crippen LogP contribution in [0.3, 0.4) is 0 Å². The fraction of sp³-hybridized carbons (Fsp3) is 0.0476. The Morgan fingerprint density at radius 2 is 1.83 bits per heavy atom. The summed E-state index contributed by atoms with van der Waals surface area (Å²) in [6.07, 6.45) is 0. The summed E-state index contributed by atoms with van der Waals surface area (Å²) in [5, 5.41) is 4.99. The molecule has 0 bridgehead atoms. The molecule has 4 nitrogen and oxygen atoms in total. The third-order valence-corrected chi connectivity index (χ3v) is 5.96. The molecule has 0 aliphatic carbocycles. The third-order valence-electron chi connectivity index (χ3n) is 4.03. The minimum atomic E-state index is -0.325. The number of para-hydroxylation sites is 1. The maximum atomic E-state index is 12.3. The molecule has 0 saturated heterocycles. The molecule has 1 heterocycles. The minimum absolute atomic E-state index is 0.194. The van der Waals surface area contributed by atoms with Crippen LogP contribution in [0.1, 0.15) is 0 Å². The molecule has 0 spiro atoms. The molecule has 1 amide bonds. The normalized spacial score (nSPS) is 10.9. The van der Waals surface area contributed by atoms with Crippen LogP contribution in [-0.4, -0.2) is 17.5 Å². The number of ether oxygens (including phenoxy) is 1. The summed E-state index contributed by atoms with van der Waals surface area (Å²) >= 11 is 19.8. The maximum Gasteiger partial charge on any atom is 0.262 e. The first kappa shape index (κ1) is 20.0. The molecule has 0 radical (unpaired) electrons. The van der Waals surface area contributed by atoms with Crippen LogP contribution < -0.4 is 10.1 Å². The topological polar surface area (TPSA) is 51.2 Å². The summed E-state index contributed by atoms with van der Waals surface area (Å²) in [6.45, 7) is -0.194. The van der Waals surface area contributed by atoms with E-state index in [1.54, 1.807) is 47.7 Å². The number of anilines is 1. The Kier molecular flexibility index (Phi) is 5.92. The summed E-state index contributed by atoms with van der Waals surface area (Å²) < 4.78 is 6.54. The molecule has 29 heavy (non-hydrogen) atoms. The van der Waals surface area contributed by atoms with Crippen LogP contribution in [0.5, 0.6) is 5.75 Å². The number of hydrogen-bond acceptors (Lipinski definition) is 4. The molecule has 0 fully saturated rings. The molecule has 3 aromatic carbocycles. The largest absolute Gasteiger partial charge is 0.482 e. The second-order valence-electron chi connectivity index (χ2n) is 6.09. The first-order valence-corrected chi connectivity index (χ1v) is 10.5. The Labute approximate surface area is 186 Å². The smallest absolute Gasteiger partial charge is 0.262 e. The van der Waals surface area contributed by atoms with Gasteiger partial charge in [0.05, 0.1) is 20.3 Å². The Balaban J connectivity index is 1.49. The SMILES string of the molecule is O=C(COc1ccc(Cl)cc1Cl)Nc1ccc(Cl)c(-c2nc3ccccc3s2)c1. The zero-order valence-corrected chi connectivity index (χ0v) is 17.9. The summed E-state index contributed by atoms with van der Waals surface area (Å²) in [6, 6.07) is 17.9. The van der Waals surface area contributed by atoms with Crippen LogP contribution in [0, 0.1) is 0 Å². The Morgan fingerprint density at radius 3 is 2.62 bits per heavy atom. The molecule has 146 valence electrons. The van der Waals surface area contributed by atoms with Crippen LogP contribution >= 0.6 is 46.1 Å². The number of amides is 1. The van der Waals surface area contributed by atoms with E-state index in [0.717, 1.165) is 20.8 Å². The van der Waals surface area contributed by atoms with Crippen molar-refractivity contribution in [3.8, 4) is 16.3 Å². The van der Waals surface area contributed by atoms with E-state index in [1.165, 1.54) is 0 Å². The van der Waals surface area contributed by atoms with Gasteiger partial charge in [-0.2, -0.15) is 0 Å². The van der Waals surface area contributed by atoms with Crippen molar-refractivity contribution in [2.24, 2.45) is 0 Å². The van der Waals surface area contributed by atoms with E-state index >= 15 is 0 Å². The van der Waals surface area contributed by atoms with Crippen LogP contribution in [0.4, 0.5) is 5.69 Å². The van der Waals surface area contributed by atoms with Crippen molar-refractivity contribution in [3.05, 3.63) is 75.7 Å². The number of hydrogen-bond donors (Lipinski definition) is 1. The van der Waals surface area contributed by atoms with Crippen LogP contribution in [-0.2, 0) is 4.79 Å². The fourth-order valence-electron chi connectivity index (χ4n) is 2.69. The average molecular weight is 464 g/mol. The van der Waals surface area contributed by atoms with Crippen molar-refractivity contribution >= 4 is 68.0 Å². The van der Waals surface area contributed by atoms with Crippen LogP contribution in [0.15, 0.2) is 60.7 Å². The van der Waals surface area contributed by atoms with Gasteiger partial charge in [0.15, 0.2) is 6.61 Å². The van der Waals surface area contributed by atoms with Gasteiger partial charge in [-0.15, -0.1) is 11.3 Å². The van der Waals surface area contributed by atoms with Gasteiger partial charge in [-0.1, -0.05) is 46.9 Å². The zero-order chi connectivity index (χ0) is 20.4. The molecule has 0 atom stereocenters. The van der Waals surface area contributed by atoms with Gasteiger partial charge in [0, 0.05) is 16.3 Å². The molecule has 0 aliphatic rings. The van der Waals surface area contributed by atoms with Crippen molar-refractivity contribution in [3.63, 3.8) is 0 Å². The summed E-state index contributed by atoms with van der Waals surface area (Å²) in [5.74, 6) is 0.0612. The average Bonchev–Trinajstić information content (AvgIpc) is 3.13. The highest BCUT2D eigenvalue weighted by molar-refractivity contribution is 7.21. The van der Waals surface area contributed by atoms with E-state index < -0.39 is 0 Å². The van der Waals surface area contributed by atoms with Crippen LogP contribution in [0.2, 0.25) is 15.1 Å². The van der Waals surface area contributed by atoms with Gasteiger partial charge < -0.3 is 10.1 Å². The molecule has 1 N–H and O–H groups in total. The van der Waals surface area contributed by atoms with Crippen LogP contribution in [0.25, 0.3) is 20.8 Å². The van der Waals surface area contributed by atoms with Crippen molar-refractivity contribution in [2.75, 3.05) is 11.9 Å². The second-order valence-corrected chi connectivity index (χ2v) is 8.37. The van der Waals surface area contributed by atoms with Crippen molar-refractivity contribution < 1.29 is 9.53 Å². The fourth-order valence-corrected chi connectivity index (χ4v) is 4.41. The Morgan fingerprint density at radius 1 is 1.00 bits per heavy atom. The van der Waals surface area contributed by atoms with Crippen molar-refractivity contribution in [2.45, 2.75) is 0 Å². The van der Waals surface area contributed by atoms with Gasteiger partial charge in [0.25, 0.3) is 5.91 Å². The lowest BCUT2D eigenvalue weighted by Gasteiger charge is -2.10. The number of carbonyl (C=O) groups excluding carboxylic acids is 1. The lowest BCUT2D eigenvalue weighted by Crippen LogP contribution is -2.20. The minimum Gasteiger partial charge on any atom is -0.482 e. The quantitative estimate of drug-likeness (QED) is 0.349. The summed E-state index contributed by atoms with van der Waals surface area (Å²) in [5.41, 5.74) is 2.26. The predicted octanol–water partition coefficient (Wildman–Crippen LogP) is 6.94. The predicted molar refractivity (Wildman–Crippen MR) is 121 cm³/mol. The lowest BCUT2D eigenvalue weighted by atomic mass is 10.2. The van der Waals surface area contributed by atoms with E-state index in [4.69, 9.17) is 39.5 Å². The Hall–Kier alpha value is -2.31. The molecule has 0 saturated carbocycles. The van der Waals surface area contributed by atoms with Crippen molar-refractivity contribution in [1.82, 2.24) is 4.98 Å². The van der Waals surface area contributed by atoms with E-state index in [-0.39, 0.29) is 12.5 Å². The van der Waals surface area contributed by atoms with Gasteiger partial charge in [-0.25, -0.2) is 4.98 Å². The zero-order valence-electron chi connectivity index (χ0n) is 14.8. The lowest BCUT2D eigenvalue weighted by molar-refractivity contribution is -0.118. The highest BCUT2D eigenvalue weighted by atomic mass is 35.5. The van der Waals surface area contributed by atoms with Gasteiger partial charge in [-0.05, 0) is 48.5 Å². The molecule has 1 aromatic heterocycles. The number of halogens is 3. The van der Waals surface area contributed by atoms with Gasteiger partial charge in [-0.3, -0.25) is 4.79 Å². The number of aromatic nitrogens is 1. The van der Waals surface area contributed by atoms with Gasteiger partial charge in [0.1, 0.15) is 10.8 Å². The molecule has 4 rings (SSSR count). The highest BCUT2D eigenvalue weighted by Crippen LogP contribution is 2.36. The van der Waals surface area contributed by atoms with E-state index in [0.29, 0.717) is 26.5 Å². The first-order chi connectivity index (χ1) is 14.0. The number of nitrogens with zero attached hydrogens (tertiary/aromatic N) is 1. The number of rotatable bonds is 5. The number of fused-ring (bicyclic) bond motifs is 1. The van der Waals surface area contributed by atoms with Gasteiger partial charge >= 0.3 is 0 Å². The molecule has 8 heteroatoms. The molecular weight excluding hydrogens is 451 g/mol. The van der Waals surface area contributed by atoms with E-state index in [9.17, 15) is 4.79 Å². The molecule has 0 unspecified atom stereocenters. The number of nitrogens with one attached hydrogen (secondary N) is 1. The van der Waals surface area contributed by atoms with E-state index in [1.807, 2.05) is 24.3 Å².